The summed E-state index contributed by atoms with van der Waals surface area (Å²) in [5, 5.41) is 2.83. The van der Waals surface area contributed by atoms with Gasteiger partial charge in [0.1, 0.15) is 0 Å². The van der Waals surface area contributed by atoms with Gasteiger partial charge in [-0.3, -0.25) is 14.2 Å². The van der Waals surface area contributed by atoms with Crippen LogP contribution in [0.15, 0.2) is 71.7 Å². The number of carbonyl (C=O) groups excluding carboxylic acids is 1. The molecule has 120 valence electrons. The van der Waals surface area contributed by atoms with Gasteiger partial charge in [-0.25, -0.2) is 0 Å². The van der Waals surface area contributed by atoms with Crippen molar-refractivity contribution in [2.24, 2.45) is 0 Å². The molecule has 24 heavy (non-hydrogen) atoms. The highest BCUT2D eigenvalue weighted by molar-refractivity contribution is 5.93. The van der Waals surface area contributed by atoms with E-state index in [-0.39, 0.29) is 11.5 Å². The Morgan fingerprint density at radius 3 is 2.54 bits per heavy atom. The van der Waals surface area contributed by atoms with Gasteiger partial charge >= 0.3 is 0 Å². The van der Waals surface area contributed by atoms with Gasteiger partial charge in [0.2, 0.25) is 5.91 Å². The highest BCUT2D eigenvalue weighted by Crippen LogP contribution is 2.27. The maximum absolute atomic E-state index is 12.3. The van der Waals surface area contributed by atoms with Gasteiger partial charge in [0, 0.05) is 41.7 Å². The van der Waals surface area contributed by atoms with Gasteiger partial charge in [0.15, 0.2) is 0 Å². The van der Waals surface area contributed by atoms with E-state index in [1.807, 2.05) is 55.5 Å². The molecule has 0 saturated carbocycles. The Kier molecular flexibility index (Phi) is 4.29. The second kappa shape index (κ2) is 6.54. The topological polar surface area (TPSA) is 51.1 Å². The minimum absolute atomic E-state index is 0.0960. The molecule has 1 heterocycles. The first-order valence-electron chi connectivity index (χ1n) is 7.71. The summed E-state index contributed by atoms with van der Waals surface area (Å²) in [6, 6.07) is 18.6. The fraction of sp³-hybridized carbons (Fsp3) is 0.100. The van der Waals surface area contributed by atoms with Crippen molar-refractivity contribution >= 4 is 11.6 Å². The molecule has 0 unspecified atom stereocenters. The molecule has 1 aromatic heterocycles. The van der Waals surface area contributed by atoms with Crippen LogP contribution in [0.2, 0.25) is 0 Å². The van der Waals surface area contributed by atoms with E-state index < -0.39 is 0 Å². The third kappa shape index (κ3) is 3.27. The maximum atomic E-state index is 12.3. The van der Waals surface area contributed by atoms with Crippen LogP contribution in [0.3, 0.4) is 0 Å². The number of hydrogen-bond acceptors (Lipinski definition) is 2. The molecular weight excluding hydrogens is 300 g/mol. The Labute approximate surface area is 140 Å². The van der Waals surface area contributed by atoms with Crippen LogP contribution in [0.25, 0.3) is 16.8 Å². The summed E-state index contributed by atoms with van der Waals surface area (Å²) < 4.78 is 1.62. The molecule has 4 nitrogen and oxygen atoms in total. The fourth-order valence-corrected chi connectivity index (χ4v) is 2.66. The van der Waals surface area contributed by atoms with Crippen LogP contribution in [0.5, 0.6) is 0 Å². The molecule has 0 spiro atoms. The molecule has 0 aliphatic heterocycles. The van der Waals surface area contributed by atoms with Gasteiger partial charge in [0.05, 0.1) is 0 Å². The first kappa shape index (κ1) is 15.7. The van der Waals surface area contributed by atoms with Crippen molar-refractivity contribution in [3.05, 3.63) is 82.8 Å². The normalized spacial score (nSPS) is 10.4. The summed E-state index contributed by atoms with van der Waals surface area (Å²) in [5.74, 6) is -0.130. The molecule has 0 aliphatic rings. The minimum atomic E-state index is -0.130. The van der Waals surface area contributed by atoms with Crippen LogP contribution in [-0.4, -0.2) is 10.5 Å². The maximum Gasteiger partial charge on any atom is 0.255 e. The summed E-state index contributed by atoms with van der Waals surface area (Å²) in [6.45, 7) is 3.47. The Hall–Kier alpha value is -3.14. The molecule has 1 N–H and O–H groups in total. The molecule has 1 amide bonds. The van der Waals surface area contributed by atoms with Crippen molar-refractivity contribution in [1.82, 2.24) is 4.57 Å². The number of amides is 1. The van der Waals surface area contributed by atoms with E-state index in [2.05, 4.69) is 5.32 Å². The lowest BCUT2D eigenvalue weighted by Gasteiger charge is -2.12. The third-order valence-corrected chi connectivity index (χ3v) is 3.74. The highest BCUT2D eigenvalue weighted by atomic mass is 16.1. The molecule has 2 aromatic carbocycles. The Balaban J connectivity index is 2.13. The number of benzene rings is 2. The number of carbonyl (C=O) groups is 1. The van der Waals surface area contributed by atoms with E-state index >= 15 is 0 Å². The number of aromatic nitrogens is 1. The Morgan fingerprint density at radius 1 is 1.00 bits per heavy atom. The number of nitrogens with zero attached hydrogens (tertiary/aromatic N) is 1. The standard InChI is InChI=1S/C20H18N2O2/c1-14-6-5-7-17(12-14)22-13-16(10-11-20(22)24)18-8-3-4-9-19(18)21-15(2)23/h3-13H,1-2H3,(H,21,23). The van der Waals surface area contributed by atoms with Gasteiger partial charge < -0.3 is 5.32 Å². The number of rotatable bonds is 3. The molecule has 0 atom stereocenters. The molecule has 0 radical (unpaired) electrons. The number of anilines is 1. The zero-order valence-electron chi connectivity index (χ0n) is 13.6. The SMILES string of the molecule is CC(=O)Nc1ccccc1-c1ccc(=O)n(-c2cccc(C)c2)c1. The predicted molar refractivity (Wildman–Crippen MR) is 96.5 cm³/mol. The van der Waals surface area contributed by atoms with Crippen LogP contribution in [0, 0.1) is 6.92 Å². The number of hydrogen-bond donors (Lipinski definition) is 1. The molecular formula is C20H18N2O2. The van der Waals surface area contributed by atoms with E-state index in [1.165, 1.54) is 6.92 Å². The average Bonchev–Trinajstić information content (AvgIpc) is 2.55. The van der Waals surface area contributed by atoms with E-state index in [1.54, 1.807) is 22.9 Å². The predicted octanol–water partition coefficient (Wildman–Crippen LogP) is 3.77. The van der Waals surface area contributed by atoms with Crippen LogP contribution in [-0.2, 0) is 4.79 Å². The van der Waals surface area contributed by atoms with E-state index in [0.29, 0.717) is 0 Å². The minimum Gasteiger partial charge on any atom is -0.326 e. The van der Waals surface area contributed by atoms with Crippen molar-refractivity contribution in [1.29, 1.82) is 0 Å². The van der Waals surface area contributed by atoms with Gasteiger partial charge in [-0.2, -0.15) is 0 Å². The molecule has 0 bridgehead atoms. The van der Waals surface area contributed by atoms with Crippen molar-refractivity contribution in [3.8, 4) is 16.8 Å². The number of aryl methyl sites for hydroxylation is 1. The summed E-state index contributed by atoms with van der Waals surface area (Å²) in [7, 11) is 0. The van der Waals surface area contributed by atoms with Gasteiger partial charge in [-0.1, -0.05) is 30.3 Å². The van der Waals surface area contributed by atoms with E-state index in [9.17, 15) is 9.59 Å². The largest absolute Gasteiger partial charge is 0.326 e. The molecule has 0 aliphatic carbocycles. The second-order valence-corrected chi connectivity index (χ2v) is 5.69. The quantitative estimate of drug-likeness (QED) is 0.799. The first-order chi connectivity index (χ1) is 11.5. The molecule has 3 rings (SSSR count). The second-order valence-electron chi connectivity index (χ2n) is 5.69. The summed E-state index contributed by atoms with van der Waals surface area (Å²) in [4.78, 5) is 23.7. The number of nitrogens with one attached hydrogen (secondary N) is 1. The number of para-hydroxylation sites is 1. The van der Waals surface area contributed by atoms with Crippen LogP contribution in [0.4, 0.5) is 5.69 Å². The van der Waals surface area contributed by atoms with E-state index in [0.717, 1.165) is 28.1 Å². The molecule has 3 aromatic rings. The summed E-state index contributed by atoms with van der Waals surface area (Å²) in [6.07, 6.45) is 1.80. The Bertz CT molecular complexity index is 958. The van der Waals surface area contributed by atoms with Gasteiger partial charge in [-0.15, -0.1) is 0 Å². The molecule has 0 saturated heterocycles. The zero-order chi connectivity index (χ0) is 17.1. The monoisotopic (exact) mass is 318 g/mol. The summed E-state index contributed by atoms with van der Waals surface area (Å²) in [5.41, 5.74) is 4.26. The zero-order valence-corrected chi connectivity index (χ0v) is 13.6. The van der Waals surface area contributed by atoms with Crippen molar-refractivity contribution in [2.75, 3.05) is 5.32 Å². The molecule has 0 fully saturated rings. The summed E-state index contributed by atoms with van der Waals surface area (Å²) >= 11 is 0. The van der Waals surface area contributed by atoms with Crippen LogP contribution < -0.4 is 10.9 Å². The van der Waals surface area contributed by atoms with Gasteiger partial charge in [0.25, 0.3) is 5.56 Å². The fourth-order valence-electron chi connectivity index (χ4n) is 2.66. The van der Waals surface area contributed by atoms with E-state index in [4.69, 9.17) is 0 Å². The lowest BCUT2D eigenvalue weighted by molar-refractivity contribution is -0.114. The number of pyridine rings is 1. The lowest BCUT2D eigenvalue weighted by atomic mass is 10.1. The van der Waals surface area contributed by atoms with Gasteiger partial charge in [-0.05, 0) is 36.8 Å². The Morgan fingerprint density at radius 2 is 1.79 bits per heavy atom. The first-order valence-corrected chi connectivity index (χ1v) is 7.71. The van der Waals surface area contributed by atoms with Crippen molar-refractivity contribution in [2.45, 2.75) is 13.8 Å². The van der Waals surface area contributed by atoms with Crippen LogP contribution in [0.1, 0.15) is 12.5 Å². The lowest BCUT2D eigenvalue weighted by Crippen LogP contribution is -2.16. The molecule has 4 heteroatoms. The third-order valence-electron chi connectivity index (χ3n) is 3.74. The van der Waals surface area contributed by atoms with Crippen molar-refractivity contribution in [3.63, 3.8) is 0 Å². The average molecular weight is 318 g/mol. The highest BCUT2D eigenvalue weighted by Gasteiger charge is 2.08. The van der Waals surface area contributed by atoms with Crippen LogP contribution >= 0.6 is 0 Å². The smallest absolute Gasteiger partial charge is 0.255 e. The van der Waals surface area contributed by atoms with Crippen molar-refractivity contribution < 1.29 is 4.79 Å².